The maximum atomic E-state index is 11.9. The average Bonchev–Trinajstić information content (AvgIpc) is 3.02. The molecule has 3 rings (SSSR count). The van der Waals surface area contributed by atoms with Crippen molar-refractivity contribution in [1.29, 1.82) is 0 Å². The maximum absolute atomic E-state index is 11.9. The van der Waals surface area contributed by atoms with Crippen molar-refractivity contribution in [3.63, 3.8) is 0 Å². The molecule has 0 fully saturated rings. The molecule has 0 bridgehead atoms. The number of hydrogen-bond acceptors (Lipinski definition) is 5. The molecule has 0 radical (unpaired) electrons. The van der Waals surface area contributed by atoms with Crippen LogP contribution in [0.5, 0.6) is 0 Å². The van der Waals surface area contributed by atoms with Crippen molar-refractivity contribution in [1.82, 2.24) is 20.3 Å². The Morgan fingerprint density at radius 2 is 1.88 bits per heavy atom. The second kappa shape index (κ2) is 7.76. The number of benzene rings is 2. The van der Waals surface area contributed by atoms with Crippen molar-refractivity contribution < 1.29 is 14.3 Å². The summed E-state index contributed by atoms with van der Waals surface area (Å²) in [5.74, 6) is -0.972. The topological polar surface area (TPSA) is 86.1 Å². The SMILES string of the molecule is O=C(COC(=O)Cn1nnc2ccccc21)NCc1ccccc1Cl. The van der Waals surface area contributed by atoms with Gasteiger partial charge >= 0.3 is 5.97 Å². The Balaban J connectivity index is 1.47. The van der Waals surface area contributed by atoms with E-state index in [0.717, 1.165) is 11.1 Å². The first kappa shape index (κ1) is 16.9. The first-order valence-corrected chi connectivity index (χ1v) is 7.95. The number of ether oxygens (including phenoxy) is 1. The van der Waals surface area contributed by atoms with E-state index >= 15 is 0 Å². The summed E-state index contributed by atoms with van der Waals surface area (Å²) in [4.78, 5) is 23.7. The predicted molar refractivity (Wildman–Crippen MR) is 91.8 cm³/mol. The Labute approximate surface area is 148 Å². The standard InChI is InChI=1S/C17H15ClN4O3/c18-13-6-2-1-5-12(13)9-19-16(23)11-25-17(24)10-22-15-8-4-3-7-14(15)20-21-22/h1-8H,9-11H2,(H,19,23). The molecule has 1 heterocycles. The zero-order chi connectivity index (χ0) is 17.6. The molecule has 0 spiro atoms. The normalized spacial score (nSPS) is 10.6. The number of carbonyl (C=O) groups excluding carboxylic acids is 2. The summed E-state index contributed by atoms with van der Waals surface area (Å²) in [6.07, 6.45) is 0. The molecule has 2 aromatic carbocycles. The lowest BCUT2D eigenvalue weighted by Crippen LogP contribution is -2.29. The smallest absolute Gasteiger partial charge is 0.328 e. The van der Waals surface area contributed by atoms with Crippen LogP contribution in [0.1, 0.15) is 5.56 Å². The second-order valence-electron chi connectivity index (χ2n) is 5.26. The van der Waals surface area contributed by atoms with Gasteiger partial charge in [-0.15, -0.1) is 5.10 Å². The highest BCUT2D eigenvalue weighted by Crippen LogP contribution is 2.14. The molecule has 1 aromatic heterocycles. The van der Waals surface area contributed by atoms with Crippen LogP contribution in [0.4, 0.5) is 0 Å². The molecule has 1 amide bonds. The van der Waals surface area contributed by atoms with E-state index in [4.69, 9.17) is 16.3 Å². The average molecular weight is 359 g/mol. The van der Waals surface area contributed by atoms with Crippen molar-refractivity contribution in [2.45, 2.75) is 13.1 Å². The van der Waals surface area contributed by atoms with Crippen LogP contribution in [0, 0.1) is 0 Å². The molecule has 0 aliphatic heterocycles. The van der Waals surface area contributed by atoms with E-state index in [-0.39, 0.29) is 19.7 Å². The number of rotatable bonds is 6. The highest BCUT2D eigenvalue weighted by atomic mass is 35.5. The van der Waals surface area contributed by atoms with Crippen LogP contribution in [0.15, 0.2) is 48.5 Å². The Hall–Kier alpha value is -2.93. The number of hydrogen-bond donors (Lipinski definition) is 1. The minimum Gasteiger partial charge on any atom is -0.454 e. The van der Waals surface area contributed by atoms with E-state index in [1.807, 2.05) is 30.3 Å². The van der Waals surface area contributed by atoms with Crippen LogP contribution < -0.4 is 5.32 Å². The zero-order valence-corrected chi connectivity index (χ0v) is 13.9. The fourth-order valence-corrected chi connectivity index (χ4v) is 2.44. The Bertz CT molecular complexity index is 910. The second-order valence-corrected chi connectivity index (χ2v) is 5.67. The van der Waals surface area contributed by atoms with Gasteiger partial charge in [0, 0.05) is 11.6 Å². The number of nitrogens with zero attached hydrogens (tertiary/aromatic N) is 3. The molecule has 0 aliphatic rings. The van der Waals surface area contributed by atoms with Crippen molar-refractivity contribution in [2.75, 3.05) is 6.61 Å². The molecular formula is C17H15ClN4O3. The lowest BCUT2D eigenvalue weighted by molar-refractivity contribution is -0.149. The third-order valence-corrected chi connectivity index (χ3v) is 3.87. The third-order valence-electron chi connectivity index (χ3n) is 3.50. The van der Waals surface area contributed by atoms with Crippen LogP contribution in [-0.2, 0) is 27.4 Å². The van der Waals surface area contributed by atoms with Gasteiger partial charge in [0.15, 0.2) is 6.61 Å². The van der Waals surface area contributed by atoms with Crippen LogP contribution in [-0.4, -0.2) is 33.5 Å². The number of esters is 1. The lowest BCUT2D eigenvalue weighted by atomic mass is 10.2. The maximum Gasteiger partial charge on any atom is 0.328 e. The van der Waals surface area contributed by atoms with E-state index in [2.05, 4.69) is 15.6 Å². The van der Waals surface area contributed by atoms with Crippen LogP contribution in [0.25, 0.3) is 11.0 Å². The monoisotopic (exact) mass is 358 g/mol. The highest BCUT2D eigenvalue weighted by molar-refractivity contribution is 6.31. The summed E-state index contributed by atoms with van der Waals surface area (Å²) >= 11 is 6.01. The van der Waals surface area contributed by atoms with E-state index in [1.54, 1.807) is 18.2 Å². The number of amides is 1. The Kier molecular flexibility index (Phi) is 5.25. The minimum absolute atomic E-state index is 0.113. The molecular weight excluding hydrogens is 344 g/mol. The largest absolute Gasteiger partial charge is 0.454 e. The summed E-state index contributed by atoms with van der Waals surface area (Å²) < 4.78 is 6.40. The van der Waals surface area contributed by atoms with Crippen molar-refractivity contribution in [2.24, 2.45) is 0 Å². The molecule has 7 nitrogen and oxygen atoms in total. The first-order valence-electron chi connectivity index (χ1n) is 7.57. The quantitative estimate of drug-likeness (QED) is 0.680. The molecule has 0 saturated heterocycles. The van der Waals surface area contributed by atoms with Gasteiger partial charge in [0.2, 0.25) is 0 Å². The van der Waals surface area contributed by atoms with Gasteiger partial charge in [0.25, 0.3) is 5.91 Å². The van der Waals surface area contributed by atoms with Gasteiger partial charge in [-0.05, 0) is 23.8 Å². The highest BCUT2D eigenvalue weighted by Gasteiger charge is 2.11. The van der Waals surface area contributed by atoms with Gasteiger partial charge in [-0.3, -0.25) is 9.59 Å². The fourth-order valence-electron chi connectivity index (χ4n) is 2.23. The number of halogens is 1. The summed E-state index contributed by atoms with van der Waals surface area (Å²) in [6.45, 7) is -0.210. The zero-order valence-electron chi connectivity index (χ0n) is 13.2. The van der Waals surface area contributed by atoms with E-state index in [0.29, 0.717) is 10.5 Å². The summed E-state index contributed by atoms with van der Waals surface area (Å²) in [5, 5.41) is 11.1. The number of para-hydroxylation sites is 1. The van der Waals surface area contributed by atoms with Crippen LogP contribution >= 0.6 is 11.6 Å². The molecule has 1 N–H and O–H groups in total. The minimum atomic E-state index is -0.566. The molecule has 0 aliphatic carbocycles. The third kappa shape index (κ3) is 4.33. The number of aromatic nitrogens is 3. The Morgan fingerprint density at radius 1 is 1.12 bits per heavy atom. The molecule has 3 aromatic rings. The predicted octanol–water partition coefficient (Wildman–Crippen LogP) is 1.94. The summed E-state index contributed by atoms with van der Waals surface area (Å²) in [6, 6.07) is 14.5. The van der Waals surface area contributed by atoms with E-state index in [1.165, 1.54) is 4.68 Å². The first-order chi connectivity index (χ1) is 12.1. The van der Waals surface area contributed by atoms with Crippen LogP contribution in [0.2, 0.25) is 5.02 Å². The fraction of sp³-hybridized carbons (Fsp3) is 0.176. The van der Waals surface area contributed by atoms with Gasteiger partial charge in [-0.2, -0.15) is 0 Å². The summed E-state index contributed by atoms with van der Waals surface area (Å²) in [7, 11) is 0. The van der Waals surface area contributed by atoms with E-state index in [9.17, 15) is 9.59 Å². The molecule has 8 heteroatoms. The molecule has 0 saturated carbocycles. The molecule has 25 heavy (non-hydrogen) atoms. The molecule has 0 atom stereocenters. The van der Waals surface area contributed by atoms with Gasteiger partial charge in [0.1, 0.15) is 12.1 Å². The molecule has 0 unspecified atom stereocenters. The van der Waals surface area contributed by atoms with Gasteiger partial charge in [0.05, 0.1) is 5.52 Å². The lowest BCUT2D eigenvalue weighted by Gasteiger charge is -2.08. The van der Waals surface area contributed by atoms with Crippen molar-refractivity contribution in [3.8, 4) is 0 Å². The Morgan fingerprint density at radius 3 is 2.72 bits per heavy atom. The van der Waals surface area contributed by atoms with Gasteiger partial charge in [-0.25, -0.2) is 4.68 Å². The summed E-state index contributed by atoms with van der Waals surface area (Å²) in [5.41, 5.74) is 2.20. The van der Waals surface area contributed by atoms with E-state index < -0.39 is 11.9 Å². The molecule has 128 valence electrons. The number of nitrogens with one attached hydrogen (secondary N) is 1. The van der Waals surface area contributed by atoms with Gasteiger partial charge < -0.3 is 10.1 Å². The van der Waals surface area contributed by atoms with Crippen molar-refractivity contribution >= 4 is 34.5 Å². The number of fused-ring (bicyclic) bond motifs is 1. The van der Waals surface area contributed by atoms with Crippen LogP contribution in [0.3, 0.4) is 0 Å². The number of carbonyl (C=O) groups is 2. The van der Waals surface area contributed by atoms with Crippen molar-refractivity contribution in [3.05, 3.63) is 59.1 Å². The van der Waals surface area contributed by atoms with Gasteiger partial charge in [-0.1, -0.05) is 47.1 Å².